The number of halogens is 1. The summed E-state index contributed by atoms with van der Waals surface area (Å²) in [5.41, 5.74) is 1.85. The van der Waals surface area contributed by atoms with Crippen LogP contribution >= 0.6 is 15.9 Å². The van der Waals surface area contributed by atoms with Gasteiger partial charge in [0.2, 0.25) is 5.88 Å². The quantitative estimate of drug-likeness (QED) is 0.915. The Hall–Kier alpha value is -1.69. The van der Waals surface area contributed by atoms with Crippen molar-refractivity contribution >= 4 is 27.3 Å². The molecule has 0 aliphatic carbocycles. The second-order valence-corrected chi connectivity index (χ2v) is 5.01. The Bertz CT molecular complexity index is 555. The summed E-state index contributed by atoms with van der Waals surface area (Å²) < 4.78 is 11.6. The molecule has 0 unspecified atom stereocenters. The van der Waals surface area contributed by atoms with E-state index in [4.69, 9.17) is 9.15 Å². The average Bonchev–Trinajstić information content (AvgIpc) is 2.81. The fourth-order valence-electron chi connectivity index (χ4n) is 1.75. The fourth-order valence-corrected chi connectivity index (χ4v) is 2.09. The summed E-state index contributed by atoms with van der Waals surface area (Å²) in [5, 5.41) is 3.30. The molecule has 2 aromatic rings. The van der Waals surface area contributed by atoms with Crippen LogP contribution in [-0.4, -0.2) is 26.2 Å². The third kappa shape index (κ3) is 3.01. The highest BCUT2D eigenvalue weighted by molar-refractivity contribution is 9.10. The second-order valence-electron chi connectivity index (χ2n) is 4.15. The smallest absolute Gasteiger partial charge is 0.239 e. The number of furan rings is 1. The van der Waals surface area contributed by atoms with E-state index in [-0.39, 0.29) is 0 Å². The van der Waals surface area contributed by atoms with Gasteiger partial charge in [0.05, 0.1) is 30.1 Å². The van der Waals surface area contributed by atoms with Crippen LogP contribution in [0.25, 0.3) is 0 Å². The van der Waals surface area contributed by atoms with E-state index in [2.05, 4.69) is 26.2 Å². The summed E-state index contributed by atoms with van der Waals surface area (Å²) in [6.07, 6.45) is 3.37. The van der Waals surface area contributed by atoms with Gasteiger partial charge in [0.25, 0.3) is 0 Å². The number of hydrogen-bond donors (Lipinski definition) is 1. The van der Waals surface area contributed by atoms with E-state index in [9.17, 15) is 0 Å². The molecule has 0 aliphatic heterocycles. The number of rotatable bonds is 5. The lowest BCUT2D eigenvalue weighted by atomic mass is 10.3. The zero-order valence-electron chi connectivity index (χ0n) is 11.1. The lowest BCUT2D eigenvalue weighted by Gasteiger charge is -2.19. The Kier molecular flexibility index (Phi) is 4.31. The molecule has 0 aromatic carbocycles. The maximum absolute atomic E-state index is 5.38. The van der Waals surface area contributed by atoms with Gasteiger partial charge in [0.15, 0.2) is 0 Å². The van der Waals surface area contributed by atoms with Crippen LogP contribution in [0.4, 0.5) is 11.4 Å². The number of ether oxygens (including phenoxy) is 1. The van der Waals surface area contributed by atoms with Crippen LogP contribution in [0.15, 0.2) is 33.5 Å². The summed E-state index contributed by atoms with van der Waals surface area (Å²) in [6.45, 7) is 0.552. The Morgan fingerprint density at radius 2 is 2.21 bits per heavy atom. The Morgan fingerprint density at radius 1 is 1.42 bits per heavy atom. The van der Waals surface area contributed by atoms with Crippen molar-refractivity contribution in [3.05, 3.63) is 34.8 Å². The molecular weight excluding hydrogens is 310 g/mol. The molecule has 5 nitrogen and oxygen atoms in total. The summed E-state index contributed by atoms with van der Waals surface area (Å²) in [6, 6.07) is 3.80. The van der Waals surface area contributed by atoms with Crippen molar-refractivity contribution in [1.29, 1.82) is 0 Å². The van der Waals surface area contributed by atoms with Gasteiger partial charge in [-0.2, -0.15) is 0 Å². The van der Waals surface area contributed by atoms with E-state index in [0.717, 1.165) is 21.6 Å². The van der Waals surface area contributed by atoms with Crippen molar-refractivity contribution in [2.75, 3.05) is 31.4 Å². The largest absolute Gasteiger partial charge is 0.479 e. The molecule has 0 spiro atoms. The van der Waals surface area contributed by atoms with Crippen LogP contribution in [-0.2, 0) is 6.54 Å². The van der Waals surface area contributed by atoms with Crippen LogP contribution in [0.3, 0.4) is 0 Å². The maximum Gasteiger partial charge on any atom is 0.239 e. The van der Waals surface area contributed by atoms with Gasteiger partial charge in [-0.15, -0.1) is 0 Å². The van der Waals surface area contributed by atoms with Gasteiger partial charge in [0, 0.05) is 20.3 Å². The molecule has 0 bridgehead atoms. The molecule has 2 aromatic heterocycles. The molecule has 2 rings (SSSR count). The molecule has 0 amide bonds. The third-order valence-corrected chi connectivity index (χ3v) is 3.39. The molecule has 0 radical (unpaired) electrons. The van der Waals surface area contributed by atoms with Gasteiger partial charge in [-0.3, -0.25) is 0 Å². The molecule has 19 heavy (non-hydrogen) atoms. The maximum atomic E-state index is 5.38. The molecule has 2 heterocycles. The molecule has 0 atom stereocenters. The van der Waals surface area contributed by atoms with Crippen molar-refractivity contribution in [2.24, 2.45) is 0 Å². The lowest BCUT2D eigenvalue weighted by Crippen LogP contribution is -2.13. The highest BCUT2D eigenvalue weighted by Crippen LogP contribution is 2.32. The number of nitrogens with one attached hydrogen (secondary N) is 1. The number of methoxy groups -OCH3 is 1. The predicted molar refractivity (Wildman–Crippen MR) is 78.9 cm³/mol. The first-order valence-electron chi connectivity index (χ1n) is 5.79. The molecule has 0 saturated carbocycles. The number of pyridine rings is 1. The summed E-state index contributed by atoms with van der Waals surface area (Å²) >= 11 is 3.43. The number of hydrogen-bond acceptors (Lipinski definition) is 5. The Balaban J connectivity index is 2.25. The molecule has 1 N–H and O–H groups in total. The lowest BCUT2D eigenvalue weighted by molar-refractivity contribution is 0.399. The van der Waals surface area contributed by atoms with Crippen LogP contribution < -0.4 is 15.0 Å². The van der Waals surface area contributed by atoms with Crippen molar-refractivity contribution < 1.29 is 9.15 Å². The van der Waals surface area contributed by atoms with E-state index in [0.29, 0.717) is 12.4 Å². The van der Waals surface area contributed by atoms with Crippen LogP contribution in [0, 0.1) is 0 Å². The van der Waals surface area contributed by atoms with E-state index in [1.165, 1.54) is 0 Å². The highest BCUT2D eigenvalue weighted by atomic mass is 79.9. The predicted octanol–water partition coefficient (Wildman–Crippen LogP) is 3.12. The number of anilines is 2. The van der Waals surface area contributed by atoms with Crippen LogP contribution in [0.2, 0.25) is 0 Å². The van der Waals surface area contributed by atoms with Gasteiger partial charge in [-0.05, 0) is 28.1 Å². The Labute approximate surface area is 120 Å². The van der Waals surface area contributed by atoms with E-state index < -0.39 is 0 Å². The summed E-state index contributed by atoms with van der Waals surface area (Å²) in [4.78, 5) is 6.21. The van der Waals surface area contributed by atoms with Gasteiger partial charge >= 0.3 is 0 Å². The summed E-state index contributed by atoms with van der Waals surface area (Å²) in [5.74, 6) is 1.39. The van der Waals surface area contributed by atoms with Crippen molar-refractivity contribution in [2.45, 2.75) is 6.54 Å². The van der Waals surface area contributed by atoms with E-state index in [1.807, 2.05) is 31.1 Å². The van der Waals surface area contributed by atoms with Crippen molar-refractivity contribution in [3.63, 3.8) is 0 Å². The van der Waals surface area contributed by atoms with E-state index >= 15 is 0 Å². The third-order valence-electron chi connectivity index (χ3n) is 2.69. The first kappa shape index (κ1) is 13.7. The normalized spacial score (nSPS) is 10.3. The number of aromatic nitrogens is 1. The van der Waals surface area contributed by atoms with Crippen molar-refractivity contribution in [3.8, 4) is 5.88 Å². The molecule has 0 fully saturated rings. The van der Waals surface area contributed by atoms with Gasteiger partial charge in [0.1, 0.15) is 11.4 Å². The zero-order chi connectivity index (χ0) is 13.8. The minimum Gasteiger partial charge on any atom is -0.479 e. The van der Waals surface area contributed by atoms with Gasteiger partial charge in [-0.1, -0.05) is 0 Å². The molecular formula is C13H16BrN3O2. The van der Waals surface area contributed by atoms with Gasteiger partial charge < -0.3 is 19.4 Å². The SMILES string of the molecule is COc1nccc(N(C)C)c1NCc1occc1Br. The fraction of sp³-hybridized carbons (Fsp3) is 0.308. The summed E-state index contributed by atoms with van der Waals surface area (Å²) in [7, 11) is 5.56. The highest BCUT2D eigenvalue weighted by Gasteiger charge is 2.13. The monoisotopic (exact) mass is 325 g/mol. The number of nitrogens with zero attached hydrogens (tertiary/aromatic N) is 2. The zero-order valence-corrected chi connectivity index (χ0v) is 12.7. The Morgan fingerprint density at radius 3 is 2.79 bits per heavy atom. The van der Waals surface area contributed by atoms with Crippen molar-refractivity contribution in [1.82, 2.24) is 4.98 Å². The minimum absolute atomic E-state index is 0.552. The molecule has 102 valence electrons. The first-order valence-corrected chi connectivity index (χ1v) is 6.59. The first-order chi connectivity index (χ1) is 9.13. The second kappa shape index (κ2) is 5.97. The minimum atomic E-state index is 0.552. The topological polar surface area (TPSA) is 50.5 Å². The average molecular weight is 326 g/mol. The molecule has 0 saturated heterocycles. The molecule has 6 heteroatoms. The molecule has 0 aliphatic rings. The van der Waals surface area contributed by atoms with E-state index in [1.54, 1.807) is 19.6 Å². The van der Waals surface area contributed by atoms with Crippen LogP contribution in [0.1, 0.15) is 5.76 Å². The van der Waals surface area contributed by atoms with Crippen LogP contribution in [0.5, 0.6) is 5.88 Å². The van der Waals surface area contributed by atoms with Gasteiger partial charge in [-0.25, -0.2) is 4.98 Å². The standard InChI is InChI=1S/C13H16BrN3O2/c1-17(2)10-4-6-15-13(18-3)12(10)16-8-11-9(14)5-7-19-11/h4-7,16H,8H2,1-3H3.